The first-order chi connectivity index (χ1) is 9.63. The Morgan fingerprint density at radius 3 is 3.15 bits per heavy atom. The number of hydrogen-bond donors (Lipinski definition) is 1. The minimum absolute atomic E-state index is 0.0271. The summed E-state index contributed by atoms with van der Waals surface area (Å²) in [5.41, 5.74) is 8.41. The third kappa shape index (κ3) is 2.87. The molecular formula is C16H23FN2O. The number of hydrogen-bond acceptors (Lipinski definition) is 3. The molecule has 0 amide bonds. The molecule has 2 saturated heterocycles. The van der Waals surface area contributed by atoms with Crippen LogP contribution in [0.5, 0.6) is 0 Å². The quantitative estimate of drug-likeness (QED) is 0.917. The fraction of sp³-hybridized carbons (Fsp3) is 0.625. The molecule has 0 aliphatic carbocycles. The molecular weight excluding hydrogens is 255 g/mol. The van der Waals surface area contributed by atoms with Gasteiger partial charge in [-0.05, 0) is 56.0 Å². The number of nitrogens with zero attached hydrogens (tertiary/aromatic N) is 1. The lowest BCUT2D eigenvalue weighted by Gasteiger charge is -2.37. The average Bonchev–Trinajstić information content (AvgIpc) is 2.89. The molecule has 0 spiro atoms. The first-order valence-electron chi connectivity index (χ1n) is 7.50. The van der Waals surface area contributed by atoms with Crippen molar-refractivity contribution in [2.75, 3.05) is 19.7 Å². The number of benzene rings is 1. The highest BCUT2D eigenvalue weighted by Gasteiger charge is 2.34. The van der Waals surface area contributed by atoms with Crippen molar-refractivity contribution in [2.45, 2.75) is 44.4 Å². The molecule has 2 fully saturated rings. The fourth-order valence-corrected chi connectivity index (χ4v) is 3.38. The molecule has 0 radical (unpaired) electrons. The van der Waals surface area contributed by atoms with Gasteiger partial charge in [-0.2, -0.15) is 0 Å². The third-order valence-electron chi connectivity index (χ3n) is 4.65. The Morgan fingerprint density at radius 2 is 2.35 bits per heavy atom. The van der Waals surface area contributed by atoms with E-state index in [1.54, 1.807) is 6.07 Å². The number of rotatable bonds is 3. The van der Waals surface area contributed by atoms with E-state index in [2.05, 4.69) is 4.90 Å². The van der Waals surface area contributed by atoms with Gasteiger partial charge in [0.25, 0.3) is 0 Å². The SMILES string of the molecule is Cc1cc(F)ccc1CC(N)C1CN2CCCC2CO1. The lowest BCUT2D eigenvalue weighted by molar-refractivity contribution is -0.0589. The predicted octanol–water partition coefficient (Wildman–Crippen LogP) is 1.87. The van der Waals surface area contributed by atoms with Crippen LogP contribution in [0.1, 0.15) is 24.0 Å². The van der Waals surface area contributed by atoms with Gasteiger partial charge >= 0.3 is 0 Å². The number of halogens is 1. The minimum Gasteiger partial charge on any atom is -0.374 e. The van der Waals surface area contributed by atoms with Crippen molar-refractivity contribution in [3.8, 4) is 0 Å². The summed E-state index contributed by atoms with van der Waals surface area (Å²) in [4.78, 5) is 2.51. The van der Waals surface area contributed by atoms with Gasteiger partial charge in [-0.3, -0.25) is 4.90 Å². The van der Waals surface area contributed by atoms with Gasteiger partial charge in [0.05, 0.1) is 12.7 Å². The van der Waals surface area contributed by atoms with Crippen molar-refractivity contribution < 1.29 is 9.13 Å². The molecule has 2 heterocycles. The van der Waals surface area contributed by atoms with Crippen LogP contribution in [0.25, 0.3) is 0 Å². The molecule has 0 bridgehead atoms. The molecule has 110 valence electrons. The number of fused-ring (bicyclic) bond motifs is 1. The zero-order valence-electron chi connectivity index (χ0n) is 12.0. The zero-order chi connectivity index (χ0) is 14.1. The van der Waals surface area contributed by atoms with E-state index in [9.17, 15) is 4.39 Å². The third-order valence-corrected chi connectivity index (χ3v) is 4.65. The standard InChI is InChI=1S/C16H23FN2O/c1-11-7-13(17)5-4-12(11)8-15(18)16-9-19-6-2-3-14(19)10-20-16/h4-5,7,14-16H,2-3,6,8-10,18H2,1H3. The summed E-state index contributed by atoms with van der Waals surface area (Å²) in [6.45, 7) is 4.85. The first kappa shape index (κ1) is 14.0. The molecule has 3 nitrogen and oxygen atoms in total. The van der Waals surface area contributed by atoms with Gasteiger partial charge in [-0.25, -0.2) is 4.39 Å². The Balaban J connectivity index is 1.62. The number of ether oxygens (including phenoxy) is 1. The summed E-state index contributed by atoms with van der Waals surface area (Å²) in [6.07, 6.45) is 3.36. The number of nitrogens with two attached hydrogens (primary N) is 1. The normalized spacial score (nSPS) is 28.4. The average molecular weight is 278 g/mol. The molecule has 3 atom stereocenters. The van der Waals surface area contributed by atoms with Crippen molar-refractivity contribution in [3.63, 3.8) is 0 Å². The lowest BCUT2D eigenvalue weighted by atomic mass is 9.97. The van der Waals surface area contributed by atoms with Gasteiger partial charge in [0.15, 0.2) is 0 Å². The van der Waals surface area contributed by atoms with Crippen molar-refractivity contribution in [2.24, 2.45) is 5.73 Å². The fourth-order valence-electron chi connectivity index (χ4n) is 3.38. The van der Waals surface area contributed by atoms with E-state index in [1.165, 1.54) is 25.5 Å². The molecule has 2 aliphatic heterocycles. The van der Waals surface area contributed by atoms with Gasteiger partial charge in [0.1, 0.15) is 5.82 Å². The topological polar surface area (TPSA) is 38.5 Å². The van der Waals surface area contributed by atoms with Crippen LogP contribution in [0.3, 0.4) is 0 Å². The second-order valence-electron chi connectivity index (χ2n) is 6.10. The highest BCUT2D eigenvalue weighted by molar-refractivity contribution is 5.27. The highest BCUT2D eigenvalue weighted by Crippen LogP contribution is 2.24. The van der Waals surface area contributed by atoms with Crippen molar-refractivity contribution in [1.82, 2.24) is 4.90 Å². The van der Waals surface area contributed by atoms with Crippen LogP contribution in [0, 0.1) is 12.7 Å². The molecule has 1 aromatic carbocycles. The number of morpholine rings is 1. The molecule has 2 aliphatic rings. The summed E-state index contributed by atoms with van der Waals surface area (Å²) < 4.78 is 19.1. The van der Waals surface area contributed by atoms with Crippen LogP contribution in [0.15, 0.2) is 18.2 Å². The smallest absolute Gasteiger partial charge is 0.123 e. The molecule has 1 aromatic rings. The minimum atomic E-state index is -0.186. The Kier molecular flexibility index (Phi) is 4.06. The molecule has 0 saturated carbocycles. The van der Waals surface area contributed by atoms with Gasteiger partial charge in [0.2, 0.25) is 0 Å². The Bertz CT molecular complexity index is 480. The summed E-state index contributed by atoms with van der Waals surface area (Å²) in [7, 11) is 0. The van der Waals surface area contributed by atoms with Crippen LogP contribution < -0.4 is 5.73 Å². The Morgan fingerprint density at radius 1 is 1.50 bits per heavy atom. The summed E-state index contributed by atoms with van der Waals surface area (Å²) >= 11 is 0. The molecule has 3 rings (SSSR count). The molecule has 20 heavy (non-hydrogen) atoms. The van der Waals surface area contributed by atoms with E-state index < -0.39 is 0 Å². The summed E-state index contributed by atoms with van der Waals surface area (Å²) in [6, 6.07) is 5.49. The van der Waals surface area contributed by atoms with E-state index in [-0.39, 0.29) is 18.0 Å². The zero-order valence-corrected chi connectivity index (χ0v) is 12.0. The van der Waals surface area contributed by atoms with Gasteiger partial charge < -0.3 is 10.5 Å². The summed E-state index contributed by atoms with van der Waals surface area (Å²) in [5.74, 6) is -0.186. The van der Waals surface area contributed by atoms with Gasteiger partial charge in [-0.15, -0.1) is 0 Å². The predicted molar refractivity (Wildman–Crippen MR) is 77.2 cm³/mol. The van der Waals surface area contributed by atoms with Crippen LogP contribution in [0.4, 0.5) is 4.39 Å². The summed E-state index contributed by atoms with van der Waals surface area (Å²) in [5, 5.41) is 0. The van der Waals surface area contributed by atoms with Crippen molar-refractivity contribution >= 4 is 0 Å². The molecule has 3 unspecified atom stereocenters. The largest absolute Gasteiger partial charge is 0.374 e. The molecule has 0 aromatic heterocycles. The van der Waals surface area contributed by atoms with E-state index in [0.29, 0.717) is 6.04 Å². The Labute approximate surface area is 119 Å². The molecule has 4 heteroatoms. The maximum absolute atomic E-state index is 13.1. The number of aryl methyl sites for hydroxylation is 1. The monoisotopic (exact) mass is 278 g/mol. The highest BCUT2D eigenvalue weighted by atomic mass is 19.1. The van der Waals surface area contributed by atoms with E-state index in [1.807, 2.05) is 13.0 Å². The van der Waals surface area contributed by atoms with Gasteiger partial charge in [0, 0.05) is 18.6 Å². The van der Waals surface area contributed by atoms with Crippen LogP contribution in [0.2, 0.25) is 0 Å². The Hall–Kier alpha value is -0.970. The van der Waals surface area contributed by atoms with E-state index in [0.717, 1.165) is 30.7 Å². The van der Waals surface area contributed by atoms with Crippen LogP contribution in [-0.2, 0) is 11.2 Å². The van der Waals surface area contributed by atoms with Crippen LogP contribution >= 0.6 is 0 Å². The molecule has 2 N–H and O–H groups in total. The van der Waals surface area contributed by atoms with E-state index in [4.69, 9.17) is 10.5 Å². The second-order valence-corrected chi connectivity index (χ2v) is 6.10. The maximum Gasteiger partial charge on any atom is 0.123 e. The van der Waals surface area contributed by atoms with Crippen molar-refractivity contribution in [1.29, 1.82) is 0 Å². The second kappa shape index (κ2) is 5.80. The lowest BCUT2D eigenvalue weighted by Crippen LogP contribution is -2.53. The van der Waals surface area contributed by atoms with E-state index >= 15 is 0 Å². The maximum atomic E-state index is 13.1. The van der Waals surface area contributed by atoms with Gasteiger partial charge in [-0.1, -0.05) is 6.07 Å². The first-order valence-corrected chi connectivity index (χ1v) is 7.50. The van der Waals surface area contributed by atoms with Crippen molar-refractivity contribution in [3.05, 3.63) is 35.1 Å². The van der Waals surface area contributed by atoms with Crippen LogP contribution in [-0.4, -0.2) is 42.8 Å².